The van der Waals surface area contributed by atoms with Gasteiger partial charge in [-0.3, -0.25) is 29.8 Å². The van der Waals surface area contributed by atoms with Crippen molar-refractivity contribution >= 4 is 63.7 Å². The zero-order chi connectivity index (χ0) is 24.6. The van der Waals surface area contributed by atoms with Crippen molar-refractivity contribution in [3.05, 3.63) is 64.6 Å². The van der Waals surface area contributed by atoms with Crippen molar-refractivity contribution in [1.29, 1.82) is 0 Å². The molecular weight excluding hydrogens is 504 g/mol. The number of thioether (sulfide) groups is 3. The first kappa shape index (κ1) is 25.4. The molecule has 2 saturated heterocycles. The maximum atomic E-state index is 11.7. The summed E-state index contributed by atoms with van der Waals surface area (Å²) in [4.78, 5) is 47.4. The molecule has 4 amide bonds. The number of unbranched alkanes of at least 4 members (excludes halogenated alkanes) is 2. The van der Waals surface area contributed by atoms with Crippen LogP contribution in [0.2, 0.25) is 0 Å². The van der Waals surface area contributed by atoms with Crippen LogP contribution < -0.4 is 15.4 Å². The van der Waals surface area contributed by atoms with Crippen LogP contribution in [0.3, 0.4) is 0 Å². The Morgan fingerprint density at radius 1 is 0.886 bits per heavy atom. The molecule has 1 unspecified atom stereocenters. The number of carbonyl (C=O) groups is 4. The third-order valence-corrected chi connectivity index (χ3v) is 8.15. The number of benzene rings is 2. The summed E-state index contributed by atoms with van der Waals surface area (Å²) in [6.07, 6.45) is 5.36. The van der Waals surface area contributed by atoms with Crippen molar-refractivity contribution in [2.24, 2.45) is 0 Å². The summed E-state index contributed by atoms with van der Waals surface area (Å²) in [6.45, 7) is 0.641. The van der Waals surface area contributed by atoms with Gasteiger partial charge in [0, 0.05) is 4.90 Å². The van der Waals surface area contributed by atoms with E-state index in [-0.39, 0.29) is 27.5 Å². The molecule has 2 heterocycles. The lowest BCUT2D eigenvalue weighted by molar-refractivity contribution is -0.119. The van der Waals surface area contributed by atoms with Crippen molar-refractivity contribution in [1.82, 2.24) is 10.6 Å². The summed E-state index contributed by atoms with van der Waals surface area (Å²) in [7, 11) is 0. The van der Waals surface area contributed by atoms with Crippen LogP contribution in [0.4, 0.5) is 9.59 Å². The molecule has 0 aromatic heterocycles. The van der Waals surface area contributed by atoms with Crippen LogP contribution in [-0.2, 0) is 16.0 Å². The lowest BCUT2D eigenvalue weighted by Crippen LogP contribution is -2.25. The van der Waals surface area contributed by atoms with Gasteiger partial charge in [0.15, 0.2) is 0 Å². The molecule has 2 N–H and O–H groups in total. The normalized spacial score (nSPS) is 18.7. The van der Waals surface area contributed by atoms with Crippen LogP contribution in [0.1, 0.15) is 30.4 Å². The van der Waals surface area contributed by atoms with Gasteiger partial charge in [-0.2, -0.15) is 0 Å². The fourth-order valence-electron chi connectivity index (χ4n) is 3.46. The monoisotopic (exact) mass is 528 g/mol. The first-order valence-electron chi connectivity index (χ1n) is 11.2. The van der Waals surface area contributed by atoms with Crippen molar-refractivity contribution in [3.63, 3.8) is 0 Å². The van der Waals surface area contributed by atoms with E-state index in [1.807, 2.05) is 36.4 Å². The van der Waals surface area contributed by atoms with Crippen molar-refractivity contribution < 1.29 is 23.9 Å². The highest BCUT2D eigenvalue weighted by atomic mass is 32.2. The number of imide groups is 2. The molecule has 2 aromatic carbocycles. The summed E-state index contributed by atoms with van der Waals surface area (Å²) in [6, 6.07) is 15.6. The Morgan fingerprint density at radius 2 is 1.66 bits per heavy atom. The van der Waals surface area contributed by atoms with Crippen molar-refractivity contribution in [2.45, 2.75) is 35.8 Å². The molecule has 2 fully saturated rings. The van der Waals surface area contributed by atoms with Gasteiger partial charge in [0.2, 0.25) is 5.91 Å². The second kappa shape index (κ2) is 12.3. The Labute approximate surface area is 216 Å². The second-order valence-corrected chi connectivity index (χ2v) is 11.3. The van der Waals surface area contributed by atoms with E-state index in [1.54, 1.807) is 17.8 Å². The molecule has 35 heavy (non-hydrogen) atoms. The zero-order valence-electron chi connectivity index (χ0n) is 18.8. The number of nitrogens with one attached hydrogen (secondary N) is 2. The molecular formula is C25H24N2O5S3. The molecule has 0 radical (unpaired) electrons. The predicted molar refractivity (Wildman–Crippen MR) is 141 cm³/mol. The van der Waals surface area contributed by atoms with Crippen LogP contribution >= 0.6 is 35.3 Å². The van der Waals surface area contributed by atoms with E-state index < -0.39 is 0 Å². The lowest BCUT2D eigenvalue weighted by Gasteiger charge is -2.08. The molecule has 0 spiro atoms. The third-order valence-electron chi connectivity index (χ3n) is 5.26. The standard InChI is InChI=1S/C25H24N2O5S3/c28-22-20(34-24(30)26-22)14-16-4-8-18(9-5-16)32-12-2-1-3-13-33-19-10-6-17(7-11-19)15-21-23(29)27-25(31)35-21/h4-11,14,21H,1-3,12-13,15H2,(H,26,28,30)(H,27,29,31). The molecule has 2 aromatic rings. The Morgan fingerprint density at radius 3 is 2.31 bits per heavy atom. The van der Waals surface area contributed by atoms with Crippen molar-refractivity contribution in [2.75, 3.05) is 12.4 Å². The second-order valence-electron chi connectivity index (χ2n) is 7.91. The van der Waals surface area contributed by atoms with Crippen LogP contribution in [-0.4, -0.2) is 39.9 Å². The van der Waals surface area contributed by atoms with E-state index in [1.165, 1.54) is 4.90 Å². The van der Waals surface area contributed by atoms with E-state index in [4.69, 9.17) is 4.74 Å². The molecule has 0 saturated carbocycles. The predicted octanol–water partition coefficient (Wildman–Crippen LogP) is 5.25. The first-order chi connectivity index (χ1) is 17.0. The zero-order valence-corrected chi connectivity index (χ0v) is 21.2. The minimum absolute atomic E-state index is 0.204. The number of amides is 4. The van der Waals surface area contributed by atoms with Gasteiger partial charge in [0.05, 0.1) is 16.8 Å². The van der Waals surface area contributed by atoms with E-state index in [0.717, 1.165) is 65.4 Å². The summed E-state index contributed by atoms with van der Waals surface area (Å²) in [5, 5.41) is 3.62. The molecule has 7 nitrogen and oxygen atoms in total. The molecule has 0 aliphatic carbocycles. The number of ether oxygens (including phenoxy) is 1. The van der Waals surface area contributed by atoms with Gasteiger partial charge in [-0.25, -0.2) is 0 Å². The average Bonchev–Trinajstić information content (AvgIpc) is 3.33. The number of rotatable bonds is 11. The van der Waals surface area contributed by atoms with Crippen LogP contribution in [0.25, 0.3) is 6.08 Å². The summed E-state index contributed by atoms with van der Waals surface area (Å²) < 4.78 is 5.80. The minimum Gasteiger partial charge on any atom is -0.494 e. The molecule has 2 aliphatic heterocycles. The van der Waals surface area contributed by atoms with Crippen LogP contribution in [0.5, 0.6) is 5.75 Å². The highest BCUT2D eigenvalue weighted by molar-refractivity contribution is 8.18. The lowest BCUT2D eigenvalue weighted by atomic mass is 10.1. The number of carbonyl (C=O) groups excluding carboxylic acids is 4. The summed E-state index contributed by atoms with van der Waals surface area (Å²) >= 11 is 3.77. The largest absolute Gasteiger partial charge is 0.494 e. The topological polar surface area (TPSA) is 102 Å². The Bertz CT molecular complexity index is 1130. The van der Waals surface area contributed by atoms with Gasteiger partial charge in [-0.1, -0.05) is 36.0 Å². The van der Waals surface area contributed by atoms with Crippen LogP contribution in [0.15, 0.2) is 58.3 Å². The fourth-order valence-corrected chi connectivity index (χ4v) is 5.91. The fraction of sp³-hybridized carbons (Fsp3) is 0.280. The maximum Gasteiger partial charge on any atom is 0.290 e. The maximum absolute atomic E-state index is 11.7. The van der Waals surface area contributed by atoms with Gasteiger partial charge in [-0.15, -0.1) is 11.8 Å². The van der Waals surface area contributed by atoms with E-state index in [0.29, 0.717) is 17.9 Å². The smallest absolute Gasteiger partial charge is 0.290 e. The highest BCUT2D eigenvalue weighted by Gasteiger charge is 2.31. The number of hydrogen-bond donors (Lipinski definition) is 2. The minimum atomic E-state index is -0.358. The van der Waals surface area contributed by atoms with Crippen LogP contribution in [0, 0.1) is 0 Å². The molecule has 182 valence electrons. The SMILES string of the molecule is O=C1NC(=O)C(=Cc2ccc(OCCCCCSc3ccc(CC4SC(=O)NC4=O)cc3)cc2)S1. The third kappa shape index (κ3) is 7.65. The molecule has 1 atom stereocenters. The first-order valence-corrected chi connectivity index (χ1v) is 13.9. The van der Waals surface area contributed by atoms with E-state index in [9.17, 15) is 19.2 Å². The molecule has 10 heteroatoms. The van der Waals surface area contributed by atoms with Gasteiger partial charge in [0.1, 0.15) is 5.75 Å². The Hall–Kier alpha value is -2.69. The quantitative estimate of drug-likeness (QED) is 0.232. The van der Waals surface area contributed by atoms with Gasteiger partial charge in [0.25, 0.3) is 16.4 Å². The van der Waals surface area contributed by atoms with E-state index >= 15 is 0 Å². The van der Waals surface area contributed by atoms with Gasteiger partial charge >= 0.3 is 0 Å². The van der Waals surface area contributed by atoms with Gasteiger partial charge in [-0.05, 0) is 84.7 Å². The highest BCUT2D eigenvalue weighted by Crippen LogP contribution is 2.27. The molecule has 4 rings (SSSR count). The summed E-state index contributed by atoms with van der Waals surface area (Å²) in [5.41, 5.74) is 1.89. The average molecular weight is 529 g/mol. The van der Waals surface area contributed by atoms with E-state index in [2.05, 4.69) is 22.8 Å². The summed E-state index contributed by atoms with van der Waals surface area (Å²) in [5.74, 6) is 1.23. The molecule has 2 aliphatic rings. The Kier molecular flexibility index (Phi) is 8.95. The molecule has 0 bridgehead atoms. The van der Waals surface area contributed by atoms with Gasteiger partial charge < -0.3 is 4.74 Å². The van der Waals surface area contributed by atoms with Crippen molar-refractivity contribution in [3.8, 4) is 5.75 Å². The number of hydrogen-bond acceptors (Lipinski definition) is 8. The Balaban J connectivity index is 1.09.